The molecule has 1 saturated heterocycles. The van der Waals surface area contributed by atoms with E-state index in [1.165, 1.54) is 21.5 Å². The van der Waals surface area contributed by atoms with Gasteiger partial charge in [0.25, 0.3) is 10.2 Å². The van der Waals surface area contributed by atoms with Gasteiger partial charge in [-0.3, -0.25) is 0 Å². The largest absolute Gasteiger partial charge is 0.326 e. The molecule has 2 fully saturated rings. The van der Waals surface area contributed by atoms with Gasteiger partial charge < -0.3 is 5.73 Å². The second kappa shape index (κ2) is 4.01. The molecule has 0 aromatic carbocycles. The standard InChI is InChI=1S/C9H19N3O2S/c1-11(6-8-2-3-8)15(13,14)12-5-4-9(10)7-12/h8-9H,2-7,10H2,1H3/t9-/m1/s1. The minimum absolute atomic E-state index is 0.00843. The lowest BCUT2D eigenvalue weighted by Crippen LogP contribution is -2.42. The van der Waals surface area contributed by atoms with Gasteiger partial charge >= 0.3 is 0 Å². The molecule has 0 bridgehead atoms. The van der Waals surface area contributed by atoms with Crippen molar-refractivity contribution in [2.45, 2.75) is 25.3 Å². The van der Waals surface area contributed by atoms with Crippen LogP contribution < -0.4 is 5.73 Å². The van der Waals surface area contributed by atoms with Gasteiger partial charge in [-0.25, -0.2) is 0 Å². The molecule has 1 aliphatic carbocycles. The first-order valence-electron chi connectivity index (χ1n) is 5.47. The van der Waals surface area contributed by atoms with Crippen molar-refractivity contribution in [1.82, 2.24) is 8.61 Å². The van der Waals surface area contributed by atoms with Gasteiger partial charge in [-0.15, -0.1) is 0 Å². The van der Waals surface area contributed by atoms with Crippen LogP contribution in [0.25, 0.3) is 0 Å². The average Bonchev–Trinajstić information content (AvgIpc) is 2.86. The molecule has 0 unspecified atom stereocenters. The van der Waals surface area contributed by atoms with E-state index in [0.29, 0.717) is 25.6 Å². The Kier molecular flexibility index (Phi) is 3.03. The fourth-order valence-electron chi connectivity index (χ4n) is 1.92. The Morgan fingerprint density at radius 2 is 2.07 bits per heavy atom. The maximum Gasteiger partial charge on any atom is 0.281 e. The van der Waals surface area contributed by atoms with E-state index in [1.54, 1.807) is 7.05 Å². The van der Waals surface area contributed by atoms with Crippen molar-refractivity contribution < 1.29 is 8.42 Å². The molecule has 88 valence electrons. The zero-order chi connectivity index (χ0) is 11.1. The summed E-state index contributed by atoms with van der Waals surface area (Å²) in [7, 11) is -1.58. The van der Waals surface area contributed by atoms with Crippen LogP contribution in [0.5, 0.6) is 0 Å². The van der Waals surface area contributed by atoms with Crippen LogP contribution in [0.4, 0.5) is 0 Å². The van der Waals surface area contributed by atoms with Crippen molar-refractivity contribution in [1.29, 1.82) is 0 Å². The molecule has 15 heavy (non-hydrogen) atoms. The third kappa shape index (κ3) is 2.50. The van der Waals surface area contributed by atoms with Crippen LogP contribution in [0.3, 0.4) is 0 Å². The summed E-state index contributed by atoms with van der Waals surface area (Å²) in [6.45, 7) is 1.70. The van der Waals surface area contributed by atoms with Crippen LogP contribution in [-0.4, -0.2) is 49.8 Å². The molecule has 0 aromatic rings. The number of rotatable bonds is 4. The summed E-state index contributed by atoms with van der Waals surface area (Å²) in [5.74, 6) is 0.584. The average molecular weight is 233 g/mol. The Morgan fingerprint density at radius 3 is 2.53 bits per heavy atom. The number of hydrogen-bond donors (Lipinski definition) is 1. The Bertz CT molecular complexity index is 326. The number of nitrogens with two attached hydrogens (primary N) is 1. The van der Waals surface area contributed by atoms with E-state index < -0.39 is 10.2 Å². The molecule has 0 radical (unpaired) electrons. The van der Waals surface area contributed by atoms with E-state index in [1.807, 2.05) is 0 Å². The van der Waals surface area contributed by atoms with Crippen LogP contribution in [0.1, 0.15) is 19.3 Å². The third-order valence-electron chi connectivity index (χ3n) is 3.12. The van der Waals surface area contributed by atoms with E-state index in [4.69, 9.17) is 5.73 Å². The fourth-order valence-corrected chi connectivity index (χ4v) is 3.43. The molecule has 0 aromatic heterocycles. The second-order valence-electron chi connectivity index (χ2n) is 4.64. The number of hydrogen-bond acceptors (Lipinski definition) is 3. The minimum atomic E-state index is -3.24. The summed E-state index contributed by atoms with van der Waals surface area (Å²) in [4.78, 5) is 0. The van der Waals surface area contributed by atoms with Crippen molar-refractivity contribution in [3.63, 3.8) is 0 Å². The predicted molar refractivity (Wildman–Crippen MR) is 58.4 cm³/mol. The first-order chi connectivity index (χ1) is 7.00. The van der Waals surface area contributed by atoms with Crippen LogP contribution in [-0.2, 0) is 10.2 Å². The van der Waals surface area contributed by atoms with Gasteiger partial charge in [0.05, 0.1) is 0 Å². The Balaban J connectivity index is 1.98. The van der Waals surface area contributed by atoms with E-state index in [2.05, 4.69) is 0 Å². The lowest BCUT2D eigenvalue weighted by atomic mass is 10.3. The highest BCUT2D eigenvalue weighted by Gasteiger charge is 2.35. The Morgan fingerprint density at radius 1 is 1.40 bits per heavy atom. The van der Waals surface area contributed by atoms with E-state index in [9.17, 15) is 8.42 Å². The highest BCUT2D eigenvalue weighted by atomic mass is 32.2. The highest BCUT2D eigenvalue weighted by molar-refractivity contribution is 7.86. The number of nitrogens with zero attached hydrogens (tertiary/aromatic N) is 2. The van der Waals surface area contributed by atoms with Gasteiger partial charge in [0, 0.05) is 32.7 Å². The van der Waals surface area contributed by atoms with Crippen LogP contribution >= 0.6 is 0 Å². The van der Waals surface area contributed by atoms with Crippen molar-refractivity contribution in [2.24, 2.45) is 11.7 Å². The van der Waals surface area contributed by atoms with Gasteiger partial charge in [-0.1, -0.05) is 0 Å². The predicted octanol–water partition coefficient (Wildman–Crippen LogP) is -0.394. The SMILES string of the molecule is CN(CC1CC1)S(=O)(=O)N1CC[C@@H](N)C1. The molecule has 2 rings (SSSR count). The molecule has 2 N–H and O–H groups in total. The summed E-state index contributed by atoms with van der Waals surface area (Å²) in [6.07, 6.45) is 3.11. The molecule has 1 heterocycles. The fraction of sp³-hybridized carbons (Fsp3) is 1.00. The molecule has 5 nitrogen and oxygen atoms in total. The van der Waals surface area contributed by atoms with Gasteiger partial charge in [-0.2, -0.15) is 17.0 Å². The lowest BCUT2D eigenvalue weighted by molar-refractivity contribution is 0.384. The van der Waals surface area contributed by atoms with Gasteiger partial charge in [0.2, 0.25) is 0 Å². The Labute approximate surface area is 91.4 Å². The molecule has 0 spiro atoms. The molecule has 1 aliphatic heterocycles. The maximum absolute atomic E-state index is 12.0. The zero-order valence-corrected chi connectivity index (χ0v) is 9.91. The maximum atomic E-state index is 12.0. The van der Waals surface area contributed by atoms with Crippen molar-refractivity contribution in [2.75, 3.05) is 26.7 Å². The monoisotopic (exact) mass is 233 g/mol. The normalized spacial score (nSPS) is 28.9. The van der Waals surface area contributed by atoms with Crippen molar-refractivity contribution in [3.8, 4) is 0 Å². The van der Waals surface area contributed by atoms with Crippen LogP contribution in [0.15, 0.2) is 0 Å². The molecule has 2 aliphatic rings. The van der Waals surface area contributed by atoms with E-state index >= 15 is 0 Å². The summed E-state index contributed by atoms with van der Waals surface area (Å²) in [6, 6.07) is 0.00843. The first-order valence-corrected chi connectivity index (χ1v) is 6.87. The summed E-state index contributed by atoms with van der Waals surface area (Å²) in [5.41, 5.74) is 5.71. The lowest BCUT2D eigenvalue weighted by Gasteiger charge is -2.23. The van der Waals surface area contributed by atoms with E-state index in [0.717, 1.165) is 6.42 Å². The smallest absolute Gasteiger partial charge is 0.281 e. The van der Waals surface area contributed by atoms with Gasteiger partial charge in [0.15, 0.2) is 0 Å². The quantitative estimate of drug-likeness (QED) is 0.719. The van der Waals surface area contributed by atoms with Crippen molar-refractivity contribution in [3.05, 3.63) is 0 Å². The summed E-state index contributed by atoms with van der Waals surface area (Å²) < 4.78 is 27.1. The van der Waals surface area contributed by atoms with Crippen LogP contribution in [0, 0.1) is 5.92 Å². The van der Waals surface area contributed by atoms with E-state index in [-0.39, 0.29) is 6.04 Å². The zero-order valence-electron chi connectivity index (χ0n) is 9.09. The van der Waals surface area contributed by atoms with Gasteiger partial charge in [0.1, 0.15) is 0 Å². The molecule has 6 heteroatoms. The Hall–Kier alpha value is -0.170. The molecule has 1 atom stereocenters. The highest BCUT2D eigenvalue weighted by Crippen LogP contribution is 2.30. The van der Waals surface area contributed by atoms with Gasteiger partial charge in [-0.05, 0) is 25.2 Å². The summed E-state index contributed by atoms with van der Waals surface area (Å²) in [5, 5.41) is 0. The minimum Gasteiger partial charge on any atom is -0.326 e. The molecular weight excluding hydrogens is 214 g/mol. The van der Waals surface area contributed by atoms with Crippen LogP contribution in [0.2, 0.25) is 0 Å². The summed E-state index contributed by atoms with van der Waals surface area (Å²) >= 11 is 0. The molecule has 1 saturated carbocycles. The van der Waals surface area contributed by atoms with Crippen molar-refractivity contribution >= 4 is 10.2 Å². The first kappa shape index (κ1) is 11.3. The second-order valence-corrected chi connectivity index (χ2v) is 6.67. The molecular formula is C9H19N3O2S. The third-order valence-corrected chi connectivity index (χ3v) is 5.04. The molecule has 0 amide bonds. The topological polar surface area (TPSA) is 66.6 Å².